The van der Waals surface area contributed by atoms with Crippen molar-refractivity contribution in [3.05, 3.63) is 59.2 Å². The summed E-state index contributed by atoms with van der Waals surface area (Å²) in [7, 11) is 0. The van der Waals surface area contributed by atoms with E-state index in [2.05, 4.69) is 10.2 Å². The zero-order valence-electron chi connectivity index (χ0n) is 16.6. The molecule has 10 heteroatoms. The number of carbonyl (C=O) groups excluding carboxylic acids is 1. The number of carbonyl (C=O) groups is 3. The van der Waals surface area contributed by atoms with Crippen LogP contribution < -0.4 is 10.2 Å². The molecule has 0 aromatic heterocycles. The molecular weight excluding hydrogens is 417 g/mol. The fraction of sp³-hybridized carbons (Fsp3) is 0.286. The van der Waals surface area contributed by atoms with Crippen LogP contribution >= 0.6 is 0 Å². The van der Waals surface area contributed by atoms with Gasteiger partial charge in [0.1, 0.15) is 0 Å². The highest BCUT2D eigenvalue weighted by molar-refractivity contribution is 6.06. The van der Waals surface area contributed by atoms with Crippen LogP contribution in [0.15, 0.2) is 42.5 Å². The molecule has 0 radical (unpaired) electrons. The Labute approximate surface area is 176 Å². The van der Waals surface area contributed by atoms with Gasteiger partial charge in [0.05, 0.1) is 16.9 Å². The molecule has 1 saturated heterocycles. The fourth-order valence-electron chi connectivity index (χ4n) is 2.90. The number of anilines is 2. The first-order valence-corrected chi connectivity index (χ1v) is 9.29. The number of nitrogens with zero attached hydrogens (tertiary/aromatic N) is 1. The number of rotatable bonds is 4. The molecule has 3 N–H and O–H groups in total. The monoisotopic (exact) mass is 438 g/mol. The standard InChI is InChI=1S/C19H20N2O3.C2HF3O2/c1-13-4-6-14(7-5-13)18(22)20-16-12-15(19(23)24)8-9-17(16)21-10-2-3-11-21;3-2(4,5)1(6)7/h4-9,12H,2-3,10-11H2,1H3,(H,20,22)(H,23,24);(H,6,7). The maximum absolute atomic E-state index is 12.5. The number of benzene rings is 2. The molecule has 1 amide bonds. The number of halogens is 3. The first-order valence-electron chi connectivity index (χ1n) is 9.29. The summed E-state index contributed by atoms with van der Waals surface area (Å²) in [6.07, 6.45) is -2.88. The summed E-state index contributed by atoms with van der Waals surface area (Å²) in [6.45, 7) is 3.79. The third-order valence-corrected chi connectivity index (χ3v) is 4.49. The summed E-state index contributed by atoms with van der Waals surface area (Å²) in [5, 5.41) is 19.2. The molecular formula is C21H21F3N2O5. The van der Waals surface area contributed by atoms with Gasteiger partial charge in [-0.25, -0.2) is 9.59 Å². The van der Waals surface area contributed by atoms with Gasteiger partial charge in [-0.2, -0.15) is 13.2 Å². The minimum Gasteiger partial charge on any atom is -0.478 e. The molecule has 1 fully saturated rings. The fourth-order valence-corrected chi connectivity index (χ4v) is 2.90. The van der Waals surface area contributed by atoms with Gasteiger partial charge in [-0.05, 0) is 50.1 Å². The second-order valence-electron chi connectivity index (χ2n) is 6.85. The highest BCUT2D eigenvalue weighted by Crippen LogP contribution is 2.30. The number of alkyl halides is 3. The van der Waals surface area contributed by atoms with Crippen LogP contribution in [0.3, 0.4) is 0 Å². The normalized spacial score (nSPS) is 13.2. The molecule has 0 atom stereocenters. The Bertz CT molecular complexity index is 952. The van der Waals surface area contributed by atoms with Crippen molar-refractivity contribution in [2.24, 2.45) is 0 Å². The number of nitrogens with one attached hydrogen (secondary N) is 1. The summed E-state index contributed by atoms with van der Waals surface area (Å²) in [4.78, 5) is 34.8. The molecule has 3 rings (SSSR count). The summed E-state index contributed by atoms with van der Waals surface area (Å²) in [6, 6.07) is 12.2. The van der Waals surface area contributed by atoms with Gasteiger partial charge in [-0.1, -0.05) is 17.7 Å². The number of aromatic carboxylic acids is 1. The SMILES string of the molecule is Cc1ccc(C(=O)Nc2cc(C(=O)O)ccc2N2CCCC2)cc1.O=C(O)C(F)(F)F. The molecule has 1 aliphatic rings. The second kappa shape index (κ2) is 9.96. The van der Waals surface area contributed by atoms with E-state index in [0.717, 1.165) is 37.2 Å². The van der Waals surface area contributed by atoms with Gasteiger partial charge in [0, 0.05) is 18.7 Å². The first kappa shape index (κ1) is 23.7. The van der Waals surface area contributed by atoms with Crippen molar-refractivity contribution in [2.45, 2.75) is 25.9 Å². The summed E-state index contributed by atoms with van der Waals surface area (Å²) in [5.41, 5.74) is 3.21. The van der Waals surface area contributed by atoms with E-state index in [4.69, 9.17) is 9.90 Å². The van der Waals surface area contributed by atoms with E-state index in [1.807, 2.05) is 19.1 Å². The Hall–Kier alpha value is -3.56. The lowest BCUT2D eigenvalue weighted by atomic mass is 10.1. The summed E-state index contributed by atoms with van der Waals surface area (Å²) in [5.74, 6) is -4.00. The second-order valence-corrected chi connectivity index (χ2v) is 6.85. The molecule has 2 aromatic rings. The molecule has 166 valence electrons. The molecule has 1 heterocycles. The van der Waals surface area contributed by atoms with Crippen molar-refractivity contribution in [3.8, 4) is 0 Å². The average Bonchev–Trinajstić information content (AvgIpc) is 3.22. The van der Waals surface area contributed by atoms with E-state index < -0.39 is 18.1 Å². The molecule has 0 aliphatic carbocycles. The Morgan fingerprint density at radius 1 is 0.935 bits per heavy atom. The topological polar surface area (TPSA) is 107 Å². The number of amides is 1. The van der Waals surface area contributed by atoms with Crippen LogP contribution in [0.5, 0.6) is 0 Å². The minimum atomic E-state index is -5.08. The summed E-state index contributed by atoms with van der Waals surface area (Å²) >= 11 is 0. The quantitative estimate of drug-likeness (QED) is 0.661. The average molecular weight is 438 g/mol. The van der Waals surface area contributed by atoms with Gasteiger partial charge >= 0.3 is 18.1 Å². The van der Waals surface area contributed by atoms with Gasteiger partial charge in [0.25, 0.3) is 5.91 Å². The molecule has 0 bridgehead atoms. The van der Waals surface area contributed by atoms with E-state index in [1.54, 1.807) is 24.3 Å². The predicted octanol–water partition coefficient (Wildman–Crippen LogP) is 4.18. The van der Waals surface area contributed by atoms with Crippen LogP contribution in [-0.2, 0) is 4.79 Å². The zero-order valence-corrected chi connectivity index (χ0v) is 16.6. The maximum Gasteiger partial charge on any atom is 0.490 e. The zero-order chi connectivity index (χ0) is 23.2. The van der Waals surface area contributed by atoms with Crippen molar-refractivity contribution in [1.29, 1.82) is 0 Å². The molecule has 0 spiro atoms. The Morgan fingerprint density at radius 2 is 1.45 bits per heavy atom. The van der Waals surface area contributed by atoms with Crippen LogP contribution in [0.4, 0.5) is 24.5 Å². The van der Waals surface area contributed by atoms with Crippen molar-refractivity contribution >= 4 is 29.2 Å². The van der Waals surface area contributed by atoms with Crippen LogP contribution in [-0.4, -0.2) is 47.3 Å². The van der Waals surface area contributed by atoms with Gasteiger partial charge < -0.3 is 20.4 Å². The smallest absolute Gasteiger partial charge is 0.478 e. The van der Waals surface area contributed by atoms with Gasteiger partial charge in [0.2, 0.25) is 0 Å². The lowest BCUT2D eigenvalue weighted by molar-refractivity contribution is -0.192. The third kappa shape index (κ3) is 6.73. The van der Waals surface area contributed by atoms with Crippen LogP contribution in [0.25, 0.3) is 0 Å². The largest absolute Gasteiger partial charge is 0.490 e. The number of hydrogen-bond donors (Lipinski definition) is 3. The predicted molar refractivity (Wildman–Crippen MR) is 108 cm³/mol. The van der Waals surface area contributed by atoms with E-state index in [0.29, 0.717) is 11.3 Å². The van der Waals surface area contributed by atoms with Crippen molar-refractivity contribution in [3.63, 3.8) is 0 Å². The van der Waals surface area contributed by atoms with Gasteiger partial charge in [-0.15, -0.1) is 0 Å². The van der Waals surface area contributed by atoms with Crippen LogP contribution in [0, 0.1) is 6.92 Å². The third-order valence-electron chi connectivity index (χ3n) is 4.49. The lowest BCUT2D eigenvalue weighted by Crippen LogP contribution is -2.21. The maximum atomic E-state index is 12.5. The van der Waals surface area contributed by atoms with Crippen LogP contribution in [0.1, 0.15) is 39.1 Å². The molecule has 0 saturated carbocycles. The molecule has 0 unspecified atom stereocenters. The highest BCUT2D eigenvalue weighted by Gasteiger charge is 2.38. The number of carboxylic acids is 2. The minimum absolute atomic E-state index is 0.164. The van der Waals surface area contributed by atoms with E-state index >= 15 is 0 Å². The Kier molecular flexibility index (Phi) is 7.62. The van der Waals surface area contributed by atoms with E-state index in [9.17, 15) is 27.9 Å². The first-order chi connectivity index (χ1) is 14.5. The molecule has 7 nitrogen and oxygen atoms in total. The van der Waals surface area contributed by atoms with E-state index in [-0.39, 0.29) is 11.5 Å². The van der Waals surface area contributed by atoms with Crippen molar-refractivity contribution in [2.75, 3.05) is 23.3 Å². The Balaban J connectivity index is 0.000000423. The molecule has 1 aliphatic heterocycles. The van der Waals surface area contributed by atoms with Crippen molar-refractivity contribution < 1.29 is 37.8 Å². The van der Waals surface area contributed by atoms with Crippen molar-refractivity contribution in [1.82, 2.24) is 0 Å². The number of hydrogen-bond acceptors (Lipinski definition) is 4. The molecule has 31 heavy (non-hydrogen) atoms. The molecule has 2 aromatic carbocycles. The van der Waals surface area contributed by atoms with Crippen LogP contribution in [0.2, 0.25) is 0 Å². The number of carboxylic acid groups (broad SMARTS) is 2. The lowest BCUT2D eigenvalue weighted by Gasteiger charge is -2.22. The van der Waals surface area contributed by atoms with Gasteiger partial charge in [-0.3, -0.25) is 4.79 Å². The summed E-state index contributed by atoms with van der Waals surface area (Å²) < 4.78 is 31.7. The number of aliphatic carboxylic acids is 1. The Morgan fingerprint density at radius 3 is 1.94 bits per heavy atom. The highest BCUT2D eigenvalue weighted by atomic mass is 19.4. The van der Waals surface area contributed by atoms with Gasteiger partial charge in [0.15, 0.2) is 0 Å². The number of aryl methyl sites for hydroxylation is 1. The van der Waals surface area contributed by atoms with E-state index in [1.165, 1.54) is 6.07 Å².